The van der Waals surface area contributed by atoms with Crippen molar-refractivity contribution >= 4 is 6.09 Å². The van der Waals surface area contributed by atoms with Gasteiger partial charge in [0.2, 0.25) is 0 Å². The van der Waals surface area contributed by atoms with Crippen LogP contribution < -0.4 is 5.32 Å². The smallest absolute Gasteiger partial charge is 0.408 e. The molecule has 50 valence electrons. The zero-order valence-corrected chi connectivity index (χ0v) is 5.31. The molecule has 1 saturated heterocycles. The monoisotopic (exact) mass is 127 g/mol. The van der Waals surface area contributed by atoms with E-state index >= 15 is 0 Å². The van der Waals surface area contributed by atoms with Crippen molar-refractivity contribution in [2.24, 2.45) is 0 Å². The number of alkyl carbamates (subject to hydrolysis) is 1. The first kappa shape index (κ1) is 5.09. The second-order valence-corrected chi connectivity index (χ2v) is 2.83. The van der Waals surface area contributed by atoms with Gasteiger partial charge in [0, 0.05) is 0 Å². The van der Waals surface area contributed by atoms with Crippen LogP contribution >= 0.6 is 0 Å². The van der Waals surface area contributed by atoms with Gasteiger partial charge in [0.15, 0.2) is 0 Å². The molecule has 1 N–H and O–H groups in total. The Morgan fingerprint density at radius 2 is 2.44 bits per heavy atom. The van der Waals surface area contributed by atoms with E-state index in [1.165, 1.54) is 0 Å². The average Bonchev–Trinajstić information content (AvgIpc) is 2.42. The maximum Gasteiger partial charge on any atom is 0.408 e. The Labute approximate surface area is 53.4 Å². The Kier molecular flexibility index (Phi) is 0.693. The Hall–Kier alpha value is -0.730. The van der Waals surface area contributed by atoms with E-state index in [4.69, 9.17) is 4.74 Å². The summed E-state index contributed by atoms with van der Waals surface area (Å²) in [6.07, 6.45) is 2.00. The van der Waals surface area contributed by atoms with Gasteiger partial charge in [-0.3, -0.25) is 0 Å². The van der Waals surface area contributed by atoms with Crippen LogP contribution in [0, 0.1) is 0 Å². The summed E-state index contributed by atoms with van der Waals surface area (Å²) in [7, 11) is 0. The lowest BCUT2D eigenvalue weighted by Gasteiger charge is -2.07. The lowest BCUT2D eigenvalue weighted by molar-refractivity contribution is 0.138. The number of hydrogen-bond donors (Lipinski definition) is 1. The Morgan fingerprint density at radius 1 is 1.78 bits per heavy atom. The average molecular weight is 127 g/mol. The molecule has 1 aliphatic heterocycles. The molecule has 1 heterocycles. The Balaban J connectivity index is 2.19. The van der Waals surface area contributed by atoms with Crippen molar-refractivity contribution in [3.05, 3.63) is 0 Å². The molecular weight excluding hydrogens is 118 g/mol. The lowest BCUT2D eigenvalue weighted by atomic mass is 10.2. The zero-order valence-electron chi connectivity index (χ0n) is 5.31. The highest BCUT2D eigenvalue weighted by atomic mass is 16.6. The Bertz CT molecular complexity index is 162. The van der Waals surface area contributed by atoms with Crippen molar-refractivity contribution in [1.82, 2.24) is 5.32 Å². The zero-order chi connectivity index (χ0) is 6.48. The van der Waals surface area contributed by atoms with Crippen LogP contribution in [0.25, 0.3) is 0 Å². The van der Waals surface area contributed by atoms with Gasteiger partial charge >= 0.3 is 6.09 Å². The number of nitrogens with one attached hydrogen (secondary N) is 1. The van der Waals surface area contributed by atoms with E-state index in [1.807, 2.05) is 6.92 Å². The molecule has 0 bridgehead atoms. The number of cyclic esters (lactones) is 1. The normalized spacial score (nSPS) is 36.1. The van der Waals surface area contributed by atoms with Crippen LogP contribution in [-0.2, 0) is 4.74 Å². The van der Waals surface area contributed by atoms with Crippen molar-refractivity contribution in [3.8, 4) is 0 Å². The van der Waals surface area contributed by atoms with Gasteiger partial charge in [-0.1, -0.05) is 0 Å². The van der Waals surface area contributed by atoms with E-state index in [1.54, 1.807) is 0 Å². The van der Waals surface area contributed by atoms with E-state index in [9.17, 15) is 4.79 Å². The number of hydrogen-bond acceptors (Lipinski definition) is 2. The molecular formula is C6H9NO2. The molecule has 1 saturated carbocycles. The summed E-state index contributed by atoms with van der Waals surface area (Å²) in [4.78, 5) is 10.6. The lowest BCUT2D eigenvalue weighted by Crippen LogP contribution is -2.31. The molecule has 9 heavy (non-hydrogen) atoms. The molecule has 0 aromatic rings. The van der Waals surface area contributed by atoms with E-state index in [2.05, 4.69) is 5.32 Å². The first-order chi connectivity index (χ1) is 4.23. The second kappa shape index (κ2) is 1.23. The third-order valence-corrected chi connectivity index (χ3v) is 2.20. The number of carbonyl (C=O) groups is 1. The molecule has 1 spiro atoms. The fourth-order valence-corrected chi connectivity index (χ4v) is 1.27. The molecule has 2 rings (SSSR count). The highest BCUT2D eigenvalue weighted by Gasteiger charge is 2.55. The predicted octanol–water partition coefficient (Wildman–Crippen LogP) is 0.647. The number of ether oxygens (including phenoxy) is 1. The van der Waals surface area contributed by atoms with Gasteiger partial charge in [-0.15, -0.1) is 0 Å². The molecule has 3 heteroatoms. The van der Waals surface area contributed by atoms with Crippen LogP contribution in [-0.4, -0.2) is 17.7 Å². The summed E-state index contributed by atoms with van der Waals surface area (Å²) in [6.45, 7) is 1.94. The highest BCUT2D eigenvalue weighted by molar-refractivity contribution is 5.72. The fourth-order valence-electron chi connectivity index (χ4n) is 1.27. The largest absolute Gasteiger partial charge is 0.444 e. The third kappa shape index (κ3) is 0.544. The first-order valence-corrected chi connectivity index (χ1v) is 3.22. The molecule has 1 atom stereocenters. The third-order valence-electron chi connectivity index (χ3n) is 2.20. The molecule has 2 fully saturated rings. The van der Waals surface area contributed by atoms with Crippen molar-refractivity contribution < 1.29 is 9.53 Å². The molecule has 0 aromatic carbocycles. The number of amides is 1. The summed E-state index contributed by atoms with van der Waals surface area (Å²) in [6, 6.07) is 0. The molecule has 0 aromatic heterocycles. The minimum absolute atomic E-state index is 0.0527. The van der Waals surface area contributed by atoms with Crippen LogP contribution in [0.5, 0.6) is 0 Å². The SMILES string of the molecule is CC1OC(=O)NC12CC2. The van der Waals surface area contributed by atoms with Gasteiger partial charge in [0.05, 0.1) is 5.54 Å². The van der Waals surface area contributed by atoms with Crippen molar-refractivity contribution in [3.63, 3.8) is 0 Å². The van der Waals surface area contributed by atoms with Crippen LogP contribution in [0.15, 0.2) is 0 Å². The van der Waals surface area contributed by atoms with Crippen LogP contribution in [0.2, 0.25) is 0 Å². The van der Waals surface area contributed by atoms with Gasteiger partial charge in [-0.25, -0.2) is 4.79 Å². The molecule has 3 nitrogen and oxygen atoms in total. The van der Waals surface area contributed by atoms with E-state index in [0.717, 1.165) is 12.8 Å². The maximum atomic E-state index is 10.6. The molecule has 2 aliphatic rings. The van der Waals surface area contributed by atoms with Gasteiger partial charge in [0.1, 0.15) is 6.10 Å². The fraction of sp³-hybridized carbons (Fsp3) is 0.833. The van der Waals surface area contributed by atoms with Gasteiger partial charge in [-0.05, 0) is 19.8 Å². The van der Waals surface area contributed by atoms with Gasteiger partial charge in [-0.2, -0.15) is 0 Å². The second-order valence-electron chi connectivity index (χ2n) is 2.83. The molecule has 0 radical (unpaired) electrons. The summed E-state index contributed by atoms with van der Waals surface area (Å²) in [5.41, 5.74) is 0.0527. The molecule has 1 aliphatic carbocycles. The predicted molar refractivity (Wildman–Crippen MR) is 31.0 cm³/mol. The number of carbonyl (C=O) groups excluding carboxylic acids is 1. The topological polar surface area (TPSA) is 38.3 Å². The van der Waals surface area contributed by atoms with E-state index in [-0.39, 0.29) is 17.7 Å². The Morgan fingerprint density at radius 3 is 2.67 bits per heavy atom. The maximum absolute atomic E-state index is 10.6. The standard InChI is InChI=1S/C6H9NO2/c1-4-6(2-3-6)7-5(8)9-4/h4H,2-3H2,1H3,(H,7,8). The van der Waals surface area contributed by atoms with Crippen molar-refractivity contribution in [2.75, 3.05) is 0 Å². The van der Waals surface area contributed by atoms with Crippen LogP contribution in [0.4, 0.5) is 4.79 Å². The van der Waals surface area contributed by atoms with Crippen molar-refractivity contribution in [2.45, 2.75) is 31.4 Å². The molecule has 1 unspecified atom stereocenters. The van der Waals surface area contributed by atoms with Crippen LogP contribution in [0.3, 0.4) is 0 Å². The van der Waals surface area contributed by atoms with Gasteiger partial charge in [0.25, 0.3) is 0 Å². The van der Waals surface area contributed by atoms with Crippen LogP contribution in [0.1, 0.15) is 19.8 Å². The first-order valence-electron chi connectivity index (χ1n) is 3.22. The van der Waals surface area contributed by atoms with Crippen molar-refractivity contribution in [1.29, 1.82) is 0 Å². The number of rotatable bonds is 0. The molecule has 1 amide bonds. The van der Waals surface area contributed by atoms with Gasteiger partial charge < -0.3 is 10.1 Å². The summed E-state index contributed by atoms with van der Waals surface area (Å²) in [5.74, 6) is 0. The van der Waals surface area contributed by atoms with E-state index < -0.39 is 0 Å². The summed E-state index contributed by atoms with van der Waals surface area (Å²) in [5, 5.41) is 2.79. The summed E-state index contributed by atoms with van der Waals surface area (Å²) < 4.78 is 4.89. The summed E-state index contributed by atoms with van der Waals surface area (Å²) >= 11 is 0. The minimum Gasteiger partial charge on any atom is -0.444 e. The quantitative estimate of drug-likeness (QED) is 0.518. The highest BCUT2D eigenvalue weighted by Crippen LogP contribution is 2.43. The minimum atomic E-state index is -0.250. The van der Waals surface area contributed by atoms with E-state index in [0.29, 0.717) is 0 Å².